The molecule has 0 aromatic heterocycles. The lowest BCUT2D eigenvalue weighted by Gasteiger charge is -2.13. The first-order valence-corrected chi connectivity index (χ1v) is 5.31. The van der Waals surface area contributed by atoms with E-state index in [2.05, 4.69) is 19.6 Å². The Hall–Kier alpha value is -0.630. The number of hydrogen-bond donors (Lipinski definition) is 2. The third-order valence-electron chi connectivity index (χ3n) is 2.22. The molecule has 0 aliphatic rings. The van der Waals surface area contributed by atoms with Crippen LogP contribution in [-0.2, 0) is 0 Å². The first kappa shape index (κ1) is 10.5. The Morgan fingerprint density at radius 3 is 2.38 bits per heavy atom. The highest BCUT2D eigenvalue weighted by Crippen LogP contribution is 2.23. The van der Waals surface area contributed by atoms with Crippen molar-refractivity contribution in [3.63, 3.8) is 0 Å². The van der Waals surface area contributed by atoms with Gasteiger partial charge in [-0.05, 0) is 35.8 Å². The number of hydrogen-bond acceptors (Lipinski definition) is 2. The van der Waals surface area contributed by atoms with Crippen LogP contribution in [0.1, 0.15) is 31.2 Å². The van der Waals surface area contributed by atoms with Crippen LogP contribution in [0.2, 0.25) is 0 Å². The first-order valence-electron chi connectivity index (χ1n) is 4.67. The quantitative estimate of drug-likeness (QED) is 0.709. The third kappa shape index (κ3) is 2.96. The summed E-state index contributed by atoms with van der Waals surface area (Å²) < 4.78 is 0. The van der Waals surface area contributed by atoms with E-state index in [1.165, 1.54) is 12.0 Å². The zero-order valence-electron chi connectivity index (χ0n) is 7.90. The molecule has 1 rings (SSSR count). The molecule has 0 fully saturated rings. The van der Waals surface area contributed by atoms with Gasteiger partial charge in [0.1, 0.15) is 5.75 Å². The van der Waals surface area contributed by atoms with E-state index in [9.17, 15) is 0 Å². The predicted molar refractivity (Wildman–Crippen MR) is 59.6 cm³/mol. The topological polar surface area (TPSA) is 20.2 Å². The van der Waals surface area contributed by atoms with Crippen LogP contribution in [0, 0.1) is 0 Å². The van der Waals surface area contributed by atoms with Crippen LogP contribution in [0.15, 0.2) is 24.3 Å². The van der Waals surface area contributed by atoms with E-state index >= 15 is 0 Å². The lowest BCUT2D eigenvalue weighted by atomic mass is 9.96. The molecule has 0 bridgehead atoms. The molecule has 1 aromatic rings. The van der Waals surface area contributed by atoms with Crippen LogP contribution < -0.4 is 0 Å². The van der Waals surface area contributed by atoms with Gasteiger partial charge in [0, 0.05) is 0 Å². The summed E-state index contributed by atoms with van der Waals surface area (Å²) in [6, 6.07) is 7.43. The second-order valence-corrected chi connectivity index (χ2v) is 3.62. The second-order valence-electron chi connectivity index (χ2n) is 3.26. The molecule has 0 amide bonds. The molecule has 0 saturated heterocycles. The Morgan fingerprint density at radius 1 is 1.31 bits per heavy atom. The molecule has 0 radical (unpaired) electrons. The average molecular weight is 196 g/mol. The Labute approximate surface area is 85.2 Å². The molecule has 13 heavy (non-hydrogen) atoms. The van der Waals surface area contributed by atoms with Crippen molar-refractivity contribution in [1.82, 2.24) is 0 Å². The van der Waals surface area contributed by atoms with Gasteiger partial charge < -0.3 is 5.11 Å². The second kappa shape index (κ2) is 5.18. The van der Waals surface area contributed by atoms with Gasteiger partial charge in [0.15, 0.2) is 0 Å². The van der Waals surface area contributed by atoms with Crippen LogP contribution in [0.3, 0.4) is 0 Å². The summed E-state index contributed by atoms with van der Waals surface area (Å²) in [5.74, 6) is 1.73. The monoisotopic (exact) mass is 196 g/mol. The van der Waals surface area contributed by atoms with E-state index in [1.54, 1.807) is 12.1 Å². The Morgan fingerprint density at radius 2 is 1.92 bits per heavy atom. The molecular weight excluding hydrogens is 180 g/mol. The van der Waals surface area contributed by atoms with Gasteiger partial charge in [-0.25, -0.2) is 0 Å². The standard InChI is InChI=1S/C11H16OS/c1-2-3-10(8-13)9-4-6-11(12)7-5-9/h4-7,10,12-13H,2-3,8H2,1H3. The van der Waals surface area contributed by atoms with E-state index in [1.807, 2.05) is 12.1 Å². The van der Waals surface area contributed by atoms with Gasteiger partial charge in [-0.15, -0.1) is 0 Å². The number of aromatic hydroxyl groups is 1. The zero-order chi connectivity index (χ0) is 9.68. The van der Waals surface area contributed by atoms with Crippen molar-refractivity contribution in [1.29, 1.82) is 0 Å². The van der Waals surface area contributed by atoms with E-state index in [0.29, 0.717) is 11.7 Å². The number of rotatable bonds is 4. The summed E-state index contributed by atoms with van der Waals surface area (Å²) in [5.41, 5.74) is 1.27. The normalized spacial score (nSPS) is 12.8. The van der Waals surface area contributed by atoms with Crippen molar-refractivity contribution in [3.8, 4) is 5.75 Å². The van der Waals surface area contributed by atoms with Gasteiger partial charge in [-0.3, -0.25) is 0 Å². The van der Waals surface area contributed by atoms with Crippen LogP contribution in [0.25, 0.3) is 0 Å². The average Bonchev–Trinajstić information content (AvgIpc) is 2.16. The molecule has 1 N–H and O–H groups in total. The predicted octanol–water partition coefficient (Wildman–Crippen LogP) is 3.21. The summed E-state index contributed by atoms with van der Waals surface area (Å²) in [6.07, 6.45) is 2.33. The van der Waals surface area contributed by atoms with Crippen molar-refractivity contribution >= 4 is 12.6 Å². The molecule has 0 aliphatic heterocycles. The molecule has 72 valence electrons. The lowest BCUT2D eigenvalue weighted by Crippen LogP contribution is -1.99. The fourth-order valence-electron chi connectivity index (χ4n) is 1.46. The molecular formula is C11H16OS. The van der Waals surface area contributed by atoms with Crippen molar-refractivity contribution in [3.05, 3.63) is 29.8 Å². The fourth-order valence-corrected chi connectivity index (χ4v) is 1.85. The molecule has 1 aromatic carbocycles. The lowest BCUT2D eigenvalue weighted by molar-refractivity contribution is 0.475. The minimum absolute atomic E-state index is 0.332. The minimum Gasteiger partial charge on any atom is -0.508 e. The van der Waals surface area contributed by atoms with Crippen molar-refractivity contribution in [2.45, 2.75) is 25.7 Å². The van der Waals surface area contributed by atoms with Gasteiger partial charge in [0.2, 0.25) is 0 Å². The van der Waals surface area contributed by atoms with Crippen molar-refractivity contribution < 1.29 is 5.11 Å². The molecule has 2 heteroatoms. The Bertz CT molecular complexity index is 243. The summed E-state index contributed by atoms with van der Waals surface area (Å²) in [4.78, 5) is 0. The maximum absolute atomic E-state index is 9.12. The zero-order valence-corrected chi connectivity index (χ0v) is 8.80. The molecule has 0 aliphatic carbocycles. The maximum Gasteiger partial charge on any atom is 0.115 e. The van der Waals surface area contributed by atoms with Crippen molar-refractivity contribution in [2.75, 3.05) is 5.75 Å². The highest BCUT2D eigenvalue weighted by atomic mass is 32.1. The summed E-state index contributed by atoms with van der Waals surface area (Å²) in [5, 5.41) is 9.12. The first-order chi connectivity index (χ1) is 6.27. The van der Waals surface area contributed by atoms with Gasteiger partial charge >= 0.3 is 0 Å². The van der Waals surface area contributed by atoms with E-state index in [0.717, 1.165) is 12.2 Å². The number of phenols is 1. The molecule has 0 saturated carbocycles. The van der Waals surface area contributed by atoms with E-state index < -0.39 is 0 Å². The molecule has 1 atom stereocenters. The van der Waals surface area contributed by atoms with Crippen LogP contribution in [0.4, 0.5) is 0 Å². The molecule has 0 spiro atoms. The highest BCUT2D eigenvalue weighted by Gasteiger charge is 2.07. The largest absolute Gasteiger partial charge is 0.508 e. The number of thiol groups is 1. The van der Waals surface area contributed by atoms with Gasteiger partial charge in [-0.2, -0.15) is 12.6 Å². The smallest absolute Gasteiger partial charge is 0.115 e. The number of benzene rings is 1. The van der Waals surface area contributed by atoms with Crippen LogP contribution in [-0.4, -0.2) is 10.9 Å². The summed E-state index contributed by atoms with van der Waals surface area (Å²) in [7, 11) is 0. The fraction of sp³-hybridized carbons (Fsp3) is 0.455. The molecule has 1 nitrogen and oxygen atoms in total. The maximum atomic E-state index is 9.12. The highest BCUT2D eigenvalue weighted by molar-refractivity contribution is 7.80. The Balaban J connectivity index is 2.73. The molecule has 0 heterocycles. The summed E-state index contributed by atoms with van der Waals surface area (Å²) in [6.45, 7) is 2.18. The summed E-state index contributed by atoms with van der Waals surface area (Å²) >= 11 is 4.32. The van der Waals surface area contributed by atoms with Crippen molar-refractivity contribution in [2.24, 2.45) is 0 Å². The van der Waals surface area contributed by atoms with Gasteiger partial charge in [0.05, 0.1) is 0 Å². The number of phenolic OH excluding ortho intramolecular Hbond substituents is 1. The Kier molecular flexibility index (Phi) is 4.16. The minimum atomic E-state index is 0.332. The van der Waals surface area contributed by atoms with Crippen LogP contribution >= 0.6 is 12.6 Å². The SMILES string of the molecule is CCCC(CS)c1ccc(O)cc1. The van der Waals surface area contributed by atoms with Crippen LogP contribution in [0.5, 0.6) is 5.75 Å². The van der Waals surface area contributed by atoms with Gasteiger partial charge in [-0.1, -0.05) is 25.5 Å². The third-order valence-corrected chi connectivity index (χ3v) is 2.66. The molecule has 1 unspecified atom stereocenters. The van der Waals surface area contributed by atoms with Gasteiger partial charge in [0.25, 0.3) is 0 Å². The van der Waals surface area contributed by atoms with E-state index in [4.69, 9.17) is 5.11 Å². The van der Waals surface area contributed by atoms with E-state index in [-0.39, 0.29) is 0 Å².